The van der Waals surface area contributed by atoms with Gasteiger partial charge in [-0.1, -0.05) is 0 Å². The van der Waals surface area contributed by atoms with Gasteiger partial charge in [0.2, 0.25) is 0 Å². The number of thioether (sulfide) groups is 1. The fourth-order valence-corrected chi connectivity index (χ4v) is 3.50. The van der Waals surface area contributed by atoms with Gasteiger partial charge >= 0.3 is 6.03 Å². The Morgan fingerprint density at radius 3 is 3.05 bits per heavy atom. The molecule has 21 heavy (non-hydrogen) atoms. The summed E-state index contributed by atoms with van der Waals surface area (Å²) in [6.07, 6.45) is 4.28. The molecule has 1 aliphatic heterocycles. The number of rotatable bonds is 6. The Morgan fingerprint density at radius 1 is 1.57 bits per heavy atom. The molecular formula is C14H25N5OS. The maximum Gasteiger partial charge on any atom is 0.320 e. The van der Waals surface area contributed by atoms with Crippen molar-refractivity contribution in [2.45, 2.75) is 31.1 Å². The Labute approximate surface area is 130 Å². The van der Waals surface area contributed by atoms with Gasteiger partial charge in [0.25, 0.3) is 0 Å². The predicted molar refractivity (Wildman–Crippen MR) is 87.9 cm³/mol. The van der Waals surface area contributed by atoms with Gasteiger partial charge in [-0.25, -0.2) is 4.79 Å². The van der Waals surface area contributed by atoms with E-state index < -0.39 is 0 Å². The molecule has 1 aromatic rings. The van der Waals surface area contributed by atoms with Crippen LogP contribution in [0.4, 0.5) is 10.6 Å². The fraction of sp³-hybridized carbons (Fsp3) is 0.714. The summed E-state index contributed by atoms with van der Waals surface area (Å²) in [5.41, 5.74) is 0. The van der Waals surface area contributed by atoms with Crippen molar-refractivity contribution in [3.05, 3.63) is 12.3 Å². The lowest BCUT2D eigenvalue weighted by molar-refractivity contribution is 0.251. The minimum absolute atomic E-state index is 0.179. The molecule has 7 heteroatoms. The summed E-state index contributed by atoms with van der Waals surface area (Å²) in [7, 11) is 4.05. The molecule has 1 unspecified atom stereocenters. The highest BCUT2D eigenvalue weighted by Gasteiger charge is 2.29. The molecule has 118 valence electrons. The Hall–Kier alpha value is -1.21. The van der Waals surface area contributed by atoms with Crippen molar-refractivity contribution in [1.82, 2.24) is 20.0 Å². The highest BCUT2D eigenvalue weighted by molar-refractivity contribution is 8.00. The normalized spacial score (nSPS) is 21.7. The third kappa shape index (κ3) is 5.24. The molecule has 0 aromatic carbocycles. The van der Waals surface area contributed by atoms with E-state index in [1.54, 1.807) is 0 Å². The standard InChI is InChI=1S/C14H25N5OS/c1-14(6-4-10-21-14)11-15-13(20)16-12-5-7-19(17-12)9-8-18(2)3/h5,7H,4,6,8-11H2,1-3H3,(H2,15,16,17,20). The Morgan fingerprint density at radius 2 is 2.38 bits per heavy atom. The van der Waals surface area contributed by atoms with E-state index in [4.69, 9.17) is 0 Å². The smallest absolute Gasteiger partial charge is 0.320 e. The van der Waals surface area contributed by atoms with Crippen molar-refractivity contribution >= 4 is 23.6 Å². The summed E-state index contributed by atoms with van der Waals surface area (Å²) in [6, 6.07) is 1.64. The highest BCUT2D eigenvalue weighted by atomic mass is 32.2. The van der Waals surface area contributed by atoms with E-state index >= 15 is 0 Å². The number of nitrogens with one attached hydrogen (secondary N) is 2. The lowest BCUT2D eigenvalue weighted by Gasteiger charge is -2.22. The molecule has 2 N–H and O–H groups in total. The lowest BCUT2D eigenvalue weighted by atomic mass is 10.1. The zero-order valence-corrected chi connectivity index (χ0v) is 13.9. The Balaban J connectivity index is 1.74. The molecule has 0 bridgehead atoms. The molecule has 1 fully saturated rings. The van der Waals surface area contributed by atoms with Crippen LogP contribution in [0.1, 0.15) is 19.8 Å². The van der Waals surface area contributed by atoms with Crippen LogP contribution >= 0.6 is 11.8 Å². The molecule has 2 heterocycles. The molecule has 2 rings (SSSR count). The van der Waals surface area contributed by atoms with Crippen molar-refractivity contribution in [3.63, 3.8) is 0 Å². The first kappa shape index (κ1) is 16.2. The quantitative estimate of drug-likeness (QED) is 0.842. The number of hydrogen-bond donors (Lipinski definition) is 2. The summed E-state index contributed by atoms with van der Waals surface area (Å²) in [4.78, 5) is 14.0. The molecule has 0 spiro atoms. The van der Waals surface area contributed by atoms with Gasteiger partial charge in [-0.15, -0.1) is 0 Å². The van der Waals surface area contributed by atoms with Crippen LogP contribution in [-0.2, 0) is 6.54 Å². The summed E-state index contributed by atoms with van der Waals surface area (Å²) >= 11 is 1.94. The largest absolute Gasteiger partial charge is 0.336 e. The number of hydrogen-bond acceptors (Lipinski definition) is 4. The van der Waals surface area contributed by atoms with Crippen LogP contribution in [0.5, 0.6) is 0 Å². The van der Waals surface area contributed by atoms with Gasteiger partial charge in [-0.05, 0) is 39.6 Å². The number of aromatic nitrogens is 2. The van der Waals surface area contributed by atoms with Crippen LogP contribution in [0.15, 0.2) is 12.3 Å². The first-order chi connectivity index (χ1) is 9.97. The van der Waals surface area contributed by atoms with Crippen molar-refractivity contribution in [2.24, 2.45) is 0 Å². The van der Waals surface area contributed by atoms with E-state index in [2.05, 4.69) is 27.6 Å². The van der Waals surface area contributed by atoms with Gasteiger partial charge in [-0.3, -0.25) is 10.00 Å². The van der Waals surface area contributed by atoms with Gasteiger partial charge in [0.15, 0.2) is 5.82 Å². The van der Waals surface area contributed by atoms with E-state index in [-0.39, 0.29) is 10.8 Å². The van der Waals surface area contributed by atoms with Crippen molar-refractivity contribution in [1.29, 1.82) is 0 Å². The maximum absolute atomic E-state index is 11.9. The number of nitrogens with zero attached hydrogens (tertiary/aromatic N) is 3. The van der Waals surface area contributed by atoms with Gasteiger partial charge in [0, 0.05) is 30.1 Å². The molecule has 1 atom stereocenters. The zero-order chi connectivity index (χ0) is 15.3. The van der Waals surface area contributed by atoms with E-state index in [0.717, 1.165) is 19.5 Å². The molecule has 1 aromatic heterocycles. The first-order valence-electron chi connectivity index (χ1n) is 7.34. The van der Waals surface area contributed by atoms with E-state index in [0.29, 0.717) is 12.4 Å². The lowest BCUT2D eigenvalue weighted by Crippen LogP contribution is -2.39. The molecule has 1 aliphatic rings. The van der Waals surface area contributed by atoms with Crippen LogP contribution in [0, 0.1) is 0 Å². The van der Waals surface area contributed by atoms with Crippen LogP contribution in [0.2, 0.25) is 0 Å². The van der Waals surface area contributed by atoms with Gasteiger partial charge in [0.1, 0.15) is 0 Å². The molecule has 6 nitrogen and oxygen atoms in total. The van der Waals surface area contributed by atoms with Crippen LogP contribution in [-0.4, -0.2) is 58.4 Å². The number of carbonyl (C=O) groups is 1. The molecular weight excluding hydrogens is 286 g/mol. The number of urea groups is 1. The topological polar surface area (TPSA) is 62.2 Å². The van der Waals surface area contributed by atoms with Crippen molar-refractivity contribution in [3.8, 4) is 0 Å². The molecule has 2 amide bonds. The number of likely N-dealkylation sites (N-methyl/N-ethyl adjacent to an activating group) is 1. The molecule has 0 radical (unpaired) electrons. The SMILES string of the molecule is CN(C)CCn1ccc(NC(=O)NCC2(C)CCCS2)n1. The van der Waals surface area contributed by atoms with Crippen LogP contribution in [0.25, 0.3) is 0 Å². The Kier molecular flexibility index (Phi) is 5.52. The minimum Gasteiger partial charge on any atom is -0.336 e. The van der Waals surface area contributed by atoms with Gasteiger partial charge in [-0.2, -0.15) is 16.9 Å². The first-order valence-corrected chi connectivity index (χ1v) is 8.32. The monoisotopic (exact) mass is 311 g/mol. The summed E-state index contributed by atoms with van der Waals surface area (Å²) in [5, 5.41) is 10.1. The number of amides is 2. The van der Waals surface area contributed by atoms with Gasteiger partial charge < -0.3 is 10.2 Å². The van der Waals surface area contributed by atoms with E-state index in [1.165, 1.54) is 12.2 Å². The van der Waals surface area contributed by atoms with E-state index in [9.17, 15) is 4.79 Å². The van der Waals surface area contributed by atoms with Crippen LogP contribution in [0.3, 0.4) is 0 Å². The van der Waals surface area contributed by atoms with Crippen molar-refractivity contribution in [2.75, 3.05) is 38.3 Å². The second-order valence-electron chi connectivity index (χ2n) is 5.98. The number of anilines is 1. The number of carbonyl (C=O) groups excluding carboxylic acids is 1. The zero-order valence-electron chi connectivity index (χ0n) is 13.1. The second-order valence-corrected chi connectivity index (χ2v) is 7.66. The predicted octanol–water partition coefficient (Wildman–Crippen LogP) is 1.85. The average Bonchev–Trinajstić information content (AvgIpc) is 3.04. The van der Waals surface area contributed by atoms with Gasteiger partial charge in [0.05, 0.1) is 6.54 Å². The highest BCUT2D eigenvalue weighted by Crippen LogP contribution is 2.36. The Bertz CT molecular complexity index is 468. The van der Waals surface area contributed by atoms with Crippen LogP contribution < -0.4 is 10.6 Å². The third-order valence-electron chi connectivity index (χ3n) is 3.58. The molecule has 0 saturated carbocycles. The molecule has 1 saturated heterocycles. The third-order valence-corrected chi connectivity index (χ3v) is 5.12. The molecule has 0 aliphatic carbocycles. The van der Waals surface area contributed by atoms with E-state index in [1.807, 2.05) is 42.8 Å². The fourth-order valence-electron chi connectivity index (χ4n) is 2.26. The summed E-state index contributed by atoms with van der Waals surface area (Å²) in [5.74, 6) is 1.78. The average molecular weight is 311 g/mol. The summed E-state index contributed by atoms with van der Waals surface area (Å²) < 4.78 is 2.02. The summed E-state index contributed by atoms with van der Waals surface area (Å²) in [6.45, 7) is 4.64. The maximum atomic E-state index is 11.9. The van der Waals surface area contributed by atoms with Crippen molar-refractivity contribution < 1.29 is 4.79 Å². The second kappa shape index (κ2) is 7.17. The minimum atomic E-state index is -0.179.